The largest absolute Gasteiger partial charge is 0.392 e. The van der Waals surface area contributed by atoms with Crippen molar-refractivity contribution < 1.29 is 41.1 Å². The highest BCUT2D eigenvalue weighted by molar-refractivity contribution is 9.10. The third kappa shape index (κ3) is 8.50. The van der Waals surface area contributed by atoms with Crippen molar-refractivity contribution in [3.8, 4) is 0 Å². The topological polar surface area (TPSA) is 175 Å². The van der Waals surface area contributed by atoms with Gasteiger partial charge in [0.1, 0.15) is 4.90 Å². The number of rotatable bonds is 9. The van der Waals surface area contributed by atoms with Crippen LogP contribution < -0.4 is 10.3 Å². The fourth-order valence-corrected chi connectivity index (χ4v) is 8.73. The zero-order valence-electron chi connectivity index (χ0n) is 27.9. The van der Waals surface area contributed by atoms with Crippen LogP contribution >= 0.6 is 31.9 Å². The van der Waals surface area contributed by atoms with Gasteiger partial charge >= 0.3 is 0 Å². The van der Waals surface area contributed by atoms with Gasteiger partial charge in [0.05, 0.1) is 18.1 Å². The summed E-state index contributed by atoms with van der Waals surface area (Å²) in [6.07, 6.45) is 5.08. The molecule has 0 heterocycles. The molecule has 5 rings (SSSR count). The SMILES string of the molecule is Cc1cc(Br)cc(C)c1Nc1ccc(C(=C2C=CC(=[NH+]c3c(C)cc(Br)cc3C)C(CO)=C2)c2ccc(S(=O)(=O)O)cc2S(=O)(=O)O)cc1CO. The second-order valence-corrected chi connectivity index (χ2v) is 16.8. The van der Waals surface area contributed by atoms with E-state index in [0.29, 0.717) is 39.7 Å². The lowest BCUT2D eigenvalue weighted by atomic mass is 9.88. The molecule has 0 saturated carbocycles. The summed E-state index contributed by atoms with van der Waals surface area (Å²) in [5, 5.41) is 24.4. The summed E-state index contributed by atoms with van der Waals surface area (Å²) in [6.45, 7) is 6.99. The average molecular weight is 860 g/mol. The van der Waals surface area contributed by atoms with E-state index in [-0.39, 0.29) is 11.1 Å². The zero-order valence-corrected chi connectivity index (χ0v) is 32.7. The molecular weight excluding hydrogens is 824 g/mol. The minimum absolute atomic E-state index is 0.0849. The van der Waals surface area contributed by atoms with E-state index >= 15 is 0 Å². The first-order valence-electron chi connectivity index (χ1n) is 15.4. The van der Waals surface area contributed by atoms with E-state index in [0.717, 1.165) is 48.6 Å². The first kappa shape index (κ1) is 38.5. The molecule has 4 aromatic carbocycles. The van der Waals surface area contributed by atoms with E-state index in [4.69, 9.17) is 0 Å². The lowest BCUT2D eigenvalue weighted by Crippen LogP contribution is -2.67. The van der Waals surface area contributed by atoms with Crippen LogP contribution in [0.2, 0.25) is 0 Å². The Bertz CT molecular complexity index is 2390. The van der Waals surface area contributed by atoms with Crippen molar-refractivity contribution in [3.05, 3.63) is 138 Å². The molecule has 266 valence electrons. The molecule has 0 spiro atoms. The number of anilines is 2. The molecule has 0 saturated heterocycles. The molecule has 0 bridgehead atoms. The van der Waals surface area contributed by atoms with Gasteiger partial charge in [0.25, 0.3) is 20.2 Å². The standard InChI is InChI=1S/C37H34Br2N2O8S2/c1-20-11-28(38)12-21(2)36(20)40-32-9-5-24(15-26(32)18-42)35(31-8-7-30(50(44,45)46)17-34(31)51(47,48)49)25-6-10-33(27(16-25)19-43)41-37-22(3)13-29(39)14-23(37)4/h5-17,40,42-43H,18-19H2,1-4H3,(H,44,45,46)(H,47,48,49)/p+1. The molecule has 0 aliphatic heterocycles. The number of nitrogens with one attached hydrogen (secondary N) is 2. The zero-order chi connectivity index (χ0) is 37.4. The molecule has 0 radical (unpaired) electrons. The van der Waals surface area contributed by atoms with Gasteiger partial charge in [-0.1, -0.05) is 44.0 Å². The van der Waals surface area contributed by atoms with Crippen LogP contribution in [-0.2, 0) is 26.8 Å². The number of allylic oxidation sites excluding steroid dienone is 4. The summed E-state index contributed by atoms with van der Waals surface area (Å²) in [5.41, 5.74) is 8.54. The van der Waals surface area contributed by atoms with Crippen LogP contribution in [0.4, 0.5) is 17.1 Å². The molecular formula is C37H35Br2N2O8S2+. The van der Waals surface area contributed by atoms with Gasteiger partial charge in [-0.3, -0.25) is 9.11 Å². The molecule has 0 unspecified atom stereocenters. The van der Waals surface area contributed by atoms with Crippen molar-refractivity contribution in [1.82, 2.24) is 0 Å². The molecule has 0 fully saturated rings. The fraction of sp³-hybridized carbons (Fsp3) is 0.162. The molecule has 0 amide bonds. The molecule has 6 N–H and O–H groups in total. The van der Waals surface area contributed by atoms with Gasteiger partial charge in [-0.05, 0) is 116 Å². The molecule has 1 aliphatic rings. The number of hydrogen-bond donors (Lipinski definition) is 6. The summed E-state index contributed by atoms with van der Waals surface area (Å²) in [4.78, 5) is 1.89. The fourth-order valence-electron chi connectivity index (χ4n) is 6.05. The molecule has 0 aromatic heterocycles. The van der Waals surface area contributed by atoms with Crippen LogP contribution in [-0.4, -0.2) is 48.5 Å². The Morgan fingerprint density at radius 3 is 1.90 bits per heavy atom. The van der Waals surface area contributed by atoms with Gasteiger partial charge in [-0.15, -0.1) is 0 Å². The van der Waals surface area contributed by atoms with Crippen LogP contribution in [0, 0.1) is 27.7 Å². The summed E-state index contributed by atoms with van der Waals surface area (Å²) >= 11 is 7.01. The highest BCUT2D eigenvalue weighted by Crippen LogP contribution is 2.38. The predicted octanol–water partition coefficient (Wildman–Crippen LogP) is 6.32. The Morgan fingerprint density at radius 2 is 1.35 bits per heavy atom. The van der Waals surface area contributed by atoms with E-state index < -0.39 is 43.2 Å². The van der Waals surface area contributed by atoms with Crippen LogP contribution in [0.3, 0.4) is 0 Å². The Hall–Kier alpha value is -3.73. The van der Waals surface area contributed by atoms with Crippen LogP contribution in [0.5, 0.6) is 0 Å². The Kier molecular flexibility index (Phi) is 11.4. The van der Waals surface area contributed by atoms with Gasteiger partial charge in [-0.25, -0.2) is 4.99 Å². The molecule has 1 aliphatic carbocycles. The molecule has 0 atom stereocenters. The summed E-state index contributed by atoms with van der Waals surface area (Å²) in [7, 11) is -9.90. The van der Waals surface area contributed by atoms with Crippen molar-refractivity contribution >= 4 is 80.4 Å². The number of benzene rings is 4. The lowest BCUT2D eigenvalue weighted by Gasteiger charge is -2.20. The second-order valence-electron chi connectivity index (χ2n) is 12.1. The number of aliphatic hydroxyl groups is 2. The number of aliphatic hydroxyl groups excluding tert-OH is 2. The second kappa shape index (κ2) is 15.1. The predicted molar refractivity (Wildman–Crippen MR) is 205 cm³/mol. The minimum Gasteiger partial charge on any atom is -0.392 e. The molecule has 51 heavy (non-hydrogen) atoms. The summed E-state index contributed by atoms with van der Waals surface area (Å²) in [5.74, 6) is 0. The Labute approximate surface area is 313 Å². The highest BCUT2D eigenvalue weighted by Gasteiger charge is 2.27. The van der Waals surface area contributed by atoms with E-state index in [1.54, 1.807) is 36.4 Å². The van der Waals surface area contributed by atoms with Crippen LogP contribution in [0.15, 0.2) is 109 Å². The van der Waals surface area contributed by atoms with Gasteiger partial charge in [0, 0.05) is 54.2 Å². The quantitative estimate of drug-likeness (QED) is 0.105. The molecule has 10 nitrogen and oxygen atoms in total. The van der Waals surface area contributed by atoms with Gasteiger partial charge < -0.3 is 15.5 Å². The maximum atomic E-state index is 12.8. The number of hydrogen-bond acceptors (Lipinski definition) is 7. The van der Waals surface area contributed by atoms with Crippen molar-refractivity contribution in [2.24, 2.45) is 0 Å². The molecule has 14 heteroatoms. The van der Waals surface area contributed by atoms with E-state index in [2.05, 4.69) is 42.2 Å². The smallest absolute Gasteiger partial charge is 0.295 e. The van der Waals surface area contributed by atoms with Crippen LogP contribution in [0.25, 0.3) is 5.57 Å². The van der Waals surface area contributed by atoms with Crippen molar-refractivity contribution in [1.29, 1.82) is 0 Å². The summed E-state index contributed by atoms with van der Waals surface area (Å²) in [6, 6.07) is 15.8. The van der Waals surface area contributed by atoms with E-state index in [1.807, 2.05) is 52.0 Å². The van der Waals surface area contributed by atoms with Crippen LogP contribution in [0.1, 0.15) is 38.9 Å². The Morgan fingerprint density at radius 1 is 0.745 bits per heavy atom. The first-order valence-corrected chi connectivity index (χ1v) is 19.9. The van der Waals surface area contributed by atoms with E-state index in [9.17, 15) is 36.2 Å². The Balaban J connectivity index is 1.77. The average Bonchev–Trinajstić information content (AvgIpc) is 3.04. The number of halogens is 2. The van der Waals surface area contributed by atoms with Gasteiger partial charge in [0.15, 0.2) is 0 Å². The van der Waals surface area contributed by atoms with E-state index in [1.165, 1.54) is 6.07 Å². The van der Waals surface area contributed by atoms with Crippen molar-refractivity contribution in [2.45, 2.75) is 44.1 Å². The number of aryl methyl sites for hydroxylation is 4. The van der Waals surface area contributed by atoms with Gasteiger partial charge in [0.2, 0.25) is 11.4 Å². The normalized spacial score (nSPS) is 15.3. The third-order valence-corrected chi connectivity index (χ3v) is 11.1. The van der Waals surface area contributed by atoms with Gasteiger partial charge in [-0.2, -0.15) is 16.8 Å². The monoisotopic (exact) mass is 857 g/mol. The lowest BCUT2D eigenvalue weighted by molar-refractivity contribution is -0.353. The van der Waals surface area contributed by atoms with Crippen molar-refractivity contribution in [2.75, 3.05) is 11.9 Å². The summed E-state index contributed by atoms with van der Waals surface area (Å²) < 4.78 is 71.5. The van der Waals surface area contributed by atoms with Crippen molar-refractivity contribution in [3.63, 3.8) is 0 Å². The molecule has 4 aromatic rings. The third-order valence-electron chi connectivity index (χ3n) is 8.44. The first-order chi connectivity index (χ1) is 23.9. The minimum atomic E-state index is -5.06. The maximum Gasteiger partial charge on any atom is 0.295 e. The highest BCUT2D eigenvalue weighted by atomic mass is 79.9. The maximum absolute atomic E-state index is 12.8.